The summed E-state index contributed by atoms with van der Waals surface area (Å²) < 4.78 is 6.62. The lowest BCUT2D eigenvalue weighted by atomic mass is 10.1. The van der Waals surface area contributed by atoms with Gasteiger partial charge < -0.3 is 15.0 Å². The van der Waals surface area contributed by atoms with Gasteiger partial charge in [0, 0.05) is 28.2 Å². The Bertz CT molecular complexity index is 1150. The van der Waals surface area contributed by atoms with E-state index >= 15 is 0 Å². The molecule has 1 N–H and O–H groups in total. The molecule has 0 aromatic heterocycles. The first-order chi connectivity index (χ1) is 15.7. The van der Waals surface area contributed by atoms with Crippen molar-refractivity contribution in [2.75, 3.05) is 6.61 Å². The van der Waals surface area contributed by atoms with Crippen LogP contribution in [0.3, 0.4) is 0 Å². The average molecular weight is 552 g/mol. The van der Waals surface area contributed by atoms with E-state index in [1.54, 1.807) is 25.1 Å². The highest BCUT2D eigenvalue weighted by molar-refractivity contribution is 9.10. The molecule has 0 aliphatic carbocycles. The summed E-state index contributed by atoms with van der Waals surface area (Å²) >= 11 is 16.2. The van der Waals surface area contributed by atoms with Crippen LogP contribution in [-0.2, 0) is 16.1 Å². The monoisotopic (exact) mass is 550 g/mol. The fourth-order valence-corrected chi connectivity index (χ4v) is 4.51. The van der Waals surface area contributed by atoms with Gasteiger partial charge in [0.25, 0.3) is 5.91 Å². The molecule has 3 rings (SSSR count). The Morgan fingerprint density at radius 3 is 2.33 bits per heavy atom. The Kier molecular flexibility index (Phi) is 8.63. The maximum atomic E-state index is 13.3. The normalized spacial score (nSPS) is 12.0. The van der Waals surface area contributed by atoms with Crippen molar-refractivity contribution >= 4 is 61.7 Å². The van der Waals surface area contributed by atoms with Crippen LogP contribution in [0.15, 0.2) is 59.1 Å². The second kappa shape index (κ2) is 11.2. The van der Waals surface area contributed by atoms with Crippen molar-refractivity contribution < 1.29 is 14.3 Å². The number of rotatable bonds is 8. The highest BCUT2D eigenvalue weighted by Gasteiger charge is 2.28. The summed E-state index contributed by atoms with van der Waals surface area (Å²) in [5, 5.41) is 5.73. The predicted octanol–water partition coefficient (Wildman–Crippen LogP) is 6.23. The third kappa shape index (κ3) is 6.19. The molecule has 0 unspecified atom stereocenters. The van der Waals surface area contributed by atoms with Gasteiger partial charge in [0.15, 0.2) is 6.61 Å². The molecule has 3 aromatic rings. The van der Waals surface area contributed by atoms with Gasteiger partial charge in [-0.15, -0.1) is 0 Å². The molecule has 0 spiro atoms. The Morgan fingerprint density at radius 1 is 1.00 bits per heavy atom. The summed E-state index contributed by atoms with van der Waals surface area (Å²) in [7, 11) is 0. The van der Waals surface area contributed by atoms with E-state index in [9.17, 15) is 9.59 Å². The van der Waals surface area contributed by atoms with E-state index in [-0.39, 0.29) is 31.0 Å². The third-order valence-electron chi connectivity index (χ3n) is 5.17. The van der Waals surface area contributed by atoms with Gasteiger partial charge in [-0.2, -0.15) is 0 Å². The minimum absolute atomic E-state index is 0.0643. The topological polar surface area (TPSA) is 58.6 Å². The van der Waals surface area contributed by atoms with Crippen molar-refractivity contribution in [1.82, 2.24) is 10.2 Å². The molecule has 174 valence electrons. The first-order valence-electron chi connectivity index (χ1n) is 10.5. The second-order valence-corrected chi connectivity index (χ2v) is 9.56. The van der Waals surface area contributed by atoms with Gasteiger partial charge in [0.1, 0.15) is 11.8 Å². The predicted molar refractivity (Wildman–Crippen MR) is 137 cm³/mol. The van der Waals surface area contributed by atoms with E-state index in [1.165, 1.54) is 4.90 Å². The maximum Gasteiger partial charge on any atom is 0.261 e. The molecule has 0 radical (unpaired) electrons. The van der Waals surface area contributed by atoms with Crippen molar-refractivity contribution in [3.63, 3.8) is 0 Å². The molecule has 0 aliphatic rings. The van der Waals surface area contributed by atoms with E-state index in [4.69, 9.17) is 27.9 Å². The van der Waals surface area contributed by atoms with Gasteiger partial charge in [-0.25, -0.2) is 0 Å². The lowest BCUT2D eigenvalue weighted by Gasteiger charge is -2.30. The fraction of sp³-hybridized carbons (Fsp3) is 0.280. The zero-order chi connectivity index (χ0) is 24.1. The number of carbonyl (C=O) groups excluding carboxylic acids is 2. The summed E-state index contributed by atoms with van der Waals surface area (Å²) in [6.45, 7) is 5.22. The van der Waals surface area contributed by atoms with Crippen LogP contribution < -0.4 is 10.1 Å². The van der Waals surface area contributed by atoms with Crippen LogP contribution in [0.4, 0.5) is 0 Å². The number of hydrogen-bond donors (Lipinski definition) is 1. The first kappa shape index (κ1) is 25.3. The largest absolute Gasteiger partial charge is 0.483 e. The van der Waals surface area contributed by atoms with E-state index in [1.807, 2.05) is 50.2 Å². The second-order valence-electron chi connectivity index (χ2n) is 7.95. The van der Waals surface area contributed by atoms with E-state index in [0.717, 1.165) is 15.2 Å². The molecule has 5 nitrogen and oxygen atoms in total. The van der Waals surface area contributed by atoms with Crippen LogP contribution in [0.2, 0.25) is 10.0 Å². The number of ether oxygens (including phenoxy) is 1. The Hall–Kier alpha value is -2.28. The molecule has 0 heterocycles. The van der Waals surface area contributed by atoms with Crippen molar-refractivity contribution in [1.29, 1.82) is 0 Å². The Labute approximate surface area is 212 Å². The fourth-order valence-electron chi connectivity index (χ4n) is 3.39. The average Bonchev–Trinajstić information content (AvgIpc) is 2.77. The smallest absolute Gasteiger partial charge is 0.261 e. The van der Waals surface area contributed by atoms with Crippen molar-refractivity contribution in [2.24, 2.45) is 0 Å². The SMILES string of the molecule is CC(C)NC(=O)[C@@H](C)N(Cc1c(Cl)cccc1Cl)C(=O)COc1ccc2ccccc2c1Br. The molecule has 3 aromatic carbocycles. The van der Waals surface area contributed by atoms with Crippen LogP contribution in [0.25, 0.3) is 10.8 Å². The molecule has 0 fully saturated rings. The lowest BCUT2D eigenvalue weighted by Crippen LogP contribution is -2.50. The highest BCUT2D eigenvalue weighted by Crippen LogP contribution is 2.33. The van der Waals surface area contributed by atoms with E-state index < -0.39 is 6.04 Å². The highest BCUT2D eigenvalue weighted by atomic mass is 79.9. The molecule has 0 saturated carbocycles. The Balaban J connectivity index is 1.84. The van der Waals surface area contributed by atoms with Crippen LogP contribution in [-0.4, -0.2) is 35.4 Å². The minimum Gasteiger partial charge on any atom is -0.483 e. The molecule has 2 amide bonds. The maximum absolute atomic E-state index is 13.3. The third-order valence-corrected chi connectivity index (χ3v) is 6.69. The van der Waals surface area contributed by atoms with Crippen molar-refractivity contribution in [3.05, 3.63) is 74.7 Å². The molecule has 0 saturated heterocycles. The number of hydrogen-bond acceptors (Lipinski definition) is 3. The number of nitrogens with zero attached hydrogens (tertiary/aromatic N) is 1. The van der Waals surface area contributed by atoms with Crippen LogP contribution in [0, 0.1) is 0 Å². The standard InChI is InChI=1S/C25H25BrCl2N2O3/c1-15(2)29-25(32)16(3)30(13-19-20(27)9-6-10-21(19)28)23(31)14-33-22-12-11-17-7-4-5-8-18(17)24(22)26/h4-12,15-16H,13-14H2,1-3H3,(H,29,32)/t16-/m1/s1. The van der Waals surface area contributed by atoms with Crippen LogP contribution in [0.5, 0.6) is 5.75 Å². The molecule has 8 heteroatoms. The molecular formula is C25H25BrCl2N2O3. The van der Waals surface area contributed by atoms with Crippen molar-refractivity contribution in [3.8, 4) is 5.75 Å². The quantitative estimate of drug-likeness (QED) is 0.361. The minimum atomic E-state index is -0.754. The van der Waals surface area contributed by atoms with Gasteiger partial charge in [-0.1, -0.05) is 59.6 Å². The van der Waals surface area contributed by atoms with Gasteiger partial charge in [0.2, 0.25) is 5.91 Å². The van der Waals surface area contributed by atoms with E-state index in [2.05, 4.69) is 21.2 Å². The summed E-state index contributed by atoms with van der Waals surface area (Å²) in [6, 6.07) is 15.9. The molecule has 0 aliphatic heterocycles. The van der Waals surface area contributed by atoms with Gasteiger partial charge >= 0.3 is 0 Å². The summed E-state index contributed by atoms with van der Waals surface area (Å²) in [4.78, 5) is 27.4. The molecule has 1 atom stereocenters. The van der Waals surface area contributed by atoms with Crippen LogP contribution >= 0.6 is 39.1 Å². The van der Waals surface area contributed by atoms with Gasteiger partial charge in [-0.05, 0) is 65.7 Å². The van der Waals surface area contributed by atoms with E-state index in [0.29, 0.717) is 21.4 Å². The summed E-state index contributed by atoms with van der Waals surface area (Å²) in [5.41, 5.74) is 0.574. The first-order valence-corrected chi connectivity index (χ1v) is 12.1. The zero-order valence-electron chi connectivity index (χ0n) is 18.6. The number of carbonyl (C=O) groups is 2. The molecule has 33 heavy (non-hydrogen) atoms. The molecular weight excluding hydrogens is 527 g/mol. The number of benzene rings is 3. The molecule has 0 bridgehead atoms. The number of nitrogens with one attached hydrogen (secondary N) is 1. The summed E-state index contributed by atoms with van der Waals surface area (Å²) in [5.74, 6) is -0.0945. The zero-order valence-corrected chi connectivity index (χ0v) is 21.7. The number of halogens is 3. The van der Waals surface area contributed by atoms with Gasteiger partial charge in [0.05, 0.1) is 4.47 Å². The number of amides is 2. The van der Waals surface area contributed by atoms with Crippen LogP contribution in [0.1, 0.15) is 26.3 Å². The van der Waals surface area contributed by atoms with Crippen molar-refractivity contribution in [2.45, 2.75) is 39.4 Å². The van der Waals surface area contributed by atoms with Gasteiger partial charge in [-0.3, -0.25) is 9.59 Å². The Morgan fingerprint density at radius 2 is 1.67 bits per heavy atom. The lowest BCUT2D eigenvalue weighted by molar-refractivity contribution is -0.142. The summed E-state index contributed by atoms with van der Waals surface area (Å²) in [6.07, 6.45) is 0. The number of fused-ring (bicyclic) bond motifs is 1.